The molecular weight excluding hydrogens is 304 g/mol. The van der Waals surface area contributed by atoms with Crippen molar-refractivity contribution in [3.63, 3.8) is 0 Å². The maximum Gasteiger partial charge on any atom is 0.255 e. The van der Waals surface area contributed by atoms with Gasteiger partial charge in [-0.05, 0) is 42.0 Å². The Hall–Kier alpha value is -3.41. The molecule has 0 radical (unpaired) electrons. The number of benzene rings is 2. The van der Waals surface area contributed by atoms with Crippen molar-refractivity contribution in [2.75, 3.05) is 10.6 Å². The normalized spacial score (nSPS) is 10.2. The Morgan fingerprint density at radius 3 is 2.42 bits per heavy atom. The molecule has 6 heteroatoms. The van der Waals surface area contributed by atoms with Crippen molar-refractivity contribution < 1.29 is 9.59 Å². The van der Waals surface area contributed by atoms with Crippen molar-refractivity contribution in [2.24, 2.45) is 0 Å². The zero-order valence-electron chi connectivity index (χ0n) is 13.0. The zero-order chi connectivity index (χ0) is 16.9. The fourth-order valence-electron chi connectivity index (χ4n) is 2.29. The number of hydrogen-bond acceptors (Lipinski definition) is 3. The van der Waals surface area contributed by atoms with Gasteiger partial charge in [0, 0.05) is 30.1 Å². The predicted octanol–water partition coefficient (Wildman–Crippen LogP) is 3.29. The second kappa shape index (κ2) is 6.78. The van der Waals surface area contributed by atoms with E-state index in [1.54, 1.807) is 30.5 Å². The molecule has 2 aromatic carbocycles. The van der Waals surface area contributed by atoms with Crippen LogP contribution in [0.15, 0.2) is 60.8 Å². The molecule has 2 amide bonds. The number of anilines is 2. The second-order valence-electron chi connectivity index (χ2n) is 5.26. The molecule has 0 bridgehead atoms. The minimum Gasteiger partial charge on any atom is -0.326 e. The van der Waals surface area contributed by atoms with Crippen molar-refractivity contribution >= 4 is 23.2 Å². The average Bonchev–Trinajstić information content (AvgIpc) is 3.09. The van der Waals surface area contributed by atoms with E-state index in [2.05, 4.69) is 20.8 Å². The standard InChI is InChI=1S/C18H16N4O2/c1-12(23)20-16-4-2-3-14(11-16)18(24)21-15-7-5-13(6-8-15)17-9-10-19-22-17/h2-11H,1H3,(H,19,22)(H,20,23)(H,21,24). The molecule has 0 aliphatic carbocycles. The molecule has 3 N–H and O–H groups in total. The lowest BCUT2D eigenvalue weighted by Gasteiger charge is -2.08. The van der Waals surface area contributed by atoms with E-state index in [1.165, 1.54) is 6.92 Å². The maximum absolute atomic E-state index is 12.3. The van der Waals surface area contributed by atoms with Crippen LogP contribution in [-0.2, 0) is 4.79 Å². The summed E-state index contributed by atoms with van der Waals surface area (Å²) in [5, 5.41) is 12.3. The molecule has 0 fully saturated rings. The van der Waals surface area contributed by atoms with Gasteiger partial charge in [0.25, 0.3) is 5.91 Å². The van der Waals surface area contributed by atoms with E-state index in [-0.39, 0.29) is 11.8 Å². The first-order valence-electron chi connectivity index (χ1n) is 7.40. The van der Waals surface area contributed by atoms with E-state index in [0.29, 0.717) is 16.9 Å². The van der Waals surface area contributed by atoms with Crippen LogP contribution in [0.2, 0.25) is 0 Å². The topological polar surface area (TPSA) is 86.9 Å². The first-order valence-corrected chi connectivity index (χ1v) is 7.40. The van der Waals surface area contributed by atoms with E-state index in [9.17, 15) is 9.59 Å². The van der Waals surface area contributed by atoms with Gasteiger partial charge in [0.2, 0.25) is 5.91 Å². The predicted molar refractivity (Wildman–Crippen MR) is 92.7 cm³/mol. The SMILES string of the molecule is CC(=O)Nc1cccc(C(=O)Nc2ccc(-c3ccn[nH]3)cc2)c1. The van der Waals surface area contributed by atoms with Crippen LogP contribution in [0.25, 0.3) is 11.3 Å². The molecule has 1 heterocycles. The molecule has 3 rings (SSSR count). The fourth-order valence-corrected chi connectivity index (χ4v) is 2.29. The number of carbonyl (C=O) groups is 2. The van der Waals surface area contributed by atoms with Gasteiger partial charge < -0.3 is 10.6 Å². The van der Waals surface area contributed by atoms with Crippen LogP contribution in [-0.4, -0.2) is 22.0 Å². The Labute approximate surface area is 138 Å². The van der Waals surface area contributed by atoms with Gasteiger partial charge in [-0.25, -0.2) is 0 Å². The maximum atomic E-state index is 12.3. The number of nitrogens with zero attached hydrogens (tertiary/aromatic N) is 1. The summed E-state index contributed by atoms with van der Waals surface area (Å²) in [5.74, 6) is -0.418. The Bertz CT molecular complexity index is 855. The molecule has 1 aromatic heterocycles. The first kappa shape index (κ1) is 15.5. The number of hydrogen-bond donors (Lipinski definition) is 3. The minimum atomic E-state index is -0.239. The quantitative estimate of drug-likeness (QED) is 0.689. The number of rotatable bonds is 4. The van der Waals surface area contributed by atoms with Gasteiger partial charge in [0.15, 0.2) is 0 Å². The van der Waals surface area contributed by atoms with Crippen LogP contribution >= 0.6 is 0 Å². The van der Waals surface area contributed by atoms with Crippen molar-refractivity contribution in [2.45, 2.75) is 6.92 Å². The van der Waals surface area contributed by atoms with Crippen molar-refractivity contribution in [1.29, 1.82) is 0 Å². The highest BCUT2D eigenvalue weighted by Crippen LogP contribution is 2.19. The van der Waals surface area contributed by atoms with Crippen LogP contribution in [0.1, 0.15) is 17.3 Å². The van der Waals surface area contributed by atoms with Gasteiger partial charge in [-0.2, -0.15) is 5.10 Å². The zero-order valence-corrected chi connectivity index (χ0v) is 13.0. The van der Waals surface area contributed by atoms with Crippen LogP contribution in [0.4, 0.5) is 11.4 Å². The van der Waals surface area contributed by atoms with Gasteiger partial charge in [-0.15, -0.1) is 0 Å². The Morgan fingerprint density at radius 1 is 0.958 bits per heavy atom. The van der Waals surface area contributed by atoms with Crippen LogP contribution in [0.5, 0.6) is 0 Å². The van der Waals surface area contributed by atoms with E-state index >= 15 is 0 Å². The Morgan fingerprint density at radius 2 is 1.75 bits per heavy atom. The molecule has 6 nitrogen and oxygen atoms in total. The Balaban J connectivity index is 1.71. The number of carbonyl (C=O) groups excluding carboxylic acids is 2. The van der Waals surface area contributed by atoms with E-state index in [0.717, 1.165) is 11.3 Å². The summed E-state index contributed by atoms with van der Waals surface area (Å²) >= 11 is 0. The summed E-state index contributed by atoms with van der Waals surface area (Å²) in [7, 11) is 0. The van der Waals surface area contributed by atoms with Crippen molar-refractivity contribution in [3.8, 4) is 11.3 Å². The lowest BCUT2D eigenvalue weighted by molar-refractivity contribution is -0.114. The average molecular weight is 320 g/mol. The van der Waals surface area contributed by atoms with Crippen molar-refractivity contribution in [3.05, 3.63) is 66.4 Å². The summed E-state index contributed by atoms with van der Waals surface area (Å²) in [4.78, 5) is 23.4. The lowest BCUT2D eigenvalue weighted by Crippen LogP contribution is -2.13. The lowest BCUT2D eigenvalue weighted by atomic mass is 10.1. The summed E-state index contributed by atoms with van der Waals surface area (Å²) in [6.45, 7) is 1.42. The third kappa shape index (κ3) is 3.67. The van der Waals surface area contributed by atoms with Gasteiger partial charge >= 0.3 is 0 Å². The van der Waals surface area contributed by atoms with Gasteiger partial charge in [-0.3, -0.25) is 14.7 Å². The number of amides is 2. The number of nitrogens with one attached hydrogen (secondary N) is 3. The highest BCUT2D eigenvalue weighted by molar-refractivity contribution is 6.05. The molecule has 0 saturated heterocycles. The molecule has 3 aromatic rings. The van der Waals surface area contributed by atoms with Gasteiger partial charge in [-0.1, -0.05) is 18.2 Å². The first-order chi connectivity index (χ1) is 11.6. The Kier molecular flexibility index (Phi) is 4.38. The minimum absolute atomic E-state index is 0.179. The molecule has 0 atom stereocenters. The van der Waals surface area contributed by atoms with E-state index in [1.807, 2.05) is 30.3 Å². The summed E-state index contributed by atoms with van der Waals surface area (Å²) in [6, 6.07) is 16.1. The molecule has 24 heavy (non-hydrogen) atoms. The van der Waals surface area contributed by atoms with Gasteiger partial charge in [0.05, 0.1) is 5.69 Å². The number of H-pyrrole nitrogens is 1. The molecule has 0 aliphatic heterocycles. The summed E-state index contributed by atoms with van der Waals surface area (Å²) in [5.41, 5.74) is 3.64. The molecule has 0 saturated carbocycles. The monoisotopic (exact) mass is 320 g/mol. The molecule has 0 unspecified atom stereocenters. The highest BCUT2D eigenvalue weighted by atomic mass is 16.2. The van der Waals surface area contributed by atoms with Gasteiger partial charge in [0.1, 0.15) is 0 Å². The second-order valence-corrected chi connectivity index (χ2v) is 5.26. The van der Waals surface area contributed by atoms with E-state index in [4.69, 9.17) is 0 Å². The largest absolute Gasteiger partial charge is 0.326 e. The fraction of sp³-hybridized carbons (Fsp3) is 0.0556. The van der Waals surface area contributed by atoms with Crippen LogP contribution in [0.3, 0.4) is 0 Å². The molecule has 0 aliphatic rings. The summed E-state index contributed by atoms with van der Waals surface area (Å²) < 4.78 is 0. The number of aromatic nitrogens is 2. The molecule has 0 spiro atoms. The van der Waals surface area contributed by atoms with Crippen LogP contribution in [0, 0.1) is 0 Å². The van der Waals surface area contributed by atoms with E-state index < -0.39 is 0 Å². The molecular formula is C18H16N4O2. The highest BCUT2D eigenvalue weighted by Gasteiger charge is 2.08. The summed E-state index contributed by atoms with van der Waals surface area (Å²) in [6.07, 6.45) is 1.69. The van der Waals surface area contributed by atoms with Crippen molar-refractivity contribution in [1.82, 2.24) is 10.2 Å². The number of aromatic amines is 1. The smallest absolute Gasteiger partial charge is 0.255 e. The third-order valence-corrected chi connectivity index (χ3v) is 3.40. The molecule has 120 valence electrons. The third-order valence-electron chi connectivity index (χ3n) is 3.40. The van der Waals surface area contributed by atoms with Crippen LogP contribution < -0.4 is 10.6 Å².